The molecule has 0 radical (unpaired) electrons. The van der Waals surface area contributed by atoms with Crippen molar-refractivity contribution in [2.75, 3.05) is 0 Å². The van der Waals surface area contributed by atoms with Gasteiger partial charge in [0.15, 0.2) is 0 Å². The maximum Gasteiger partial charge on any atom is 0.0972 e. The van der Waals surface area contributed by atoms with Crippen LogP contribution in [0.2, 0.25) is 0 Å². The van der Waals surface area contributed by atoms with Crippen molar-refractivity contribution in [3.8, 4) is 39.5 Å². The Morgan fingerprint density at radius 3 is 1.94 bits per heavy atom. The van der Waals surface area contributed by atoms with E-state index in [1.54, 1.807) is 0 Å². The summed E-state index contributed by atoms with van der Waals surface area (Å²) in [6, 6.07) is 56.1. The number of aromatic nitrogens is 3. The van der Waals surface area contributed by atoms with Crippen molar-refractivity contribution in [3.63, 3.8) is 0 Å². The fraction of sp³-hybridized carbons (Fsp3) is 0. The summed E-state index contributed by atoms with van der Waals surface area (Å²) in [4.78, 5) is 10.2. The van der Waals surface area contributed by atoms with Crippen LogP contribution in [0.3, 0.4) is 0 Å². The molecular formula is C44H27N3S. The second-order valence-electron chi connectivity index (χ2n) is 12.2. The average molecular weight is 630 g/mol. The van der Waals surface area contributed by atoms with Crippen LogP contribution in [0.15, 0.2) is 164 Å². The zero-order valence-corrected chi connectivity index (χ0v) is 26.7. The van der Waals surface area contributed by atoms with Gasteiger partial charge in [-0.25, -0.2) is 4.98 Å². The molecule has 0 aliphatic rings. The van der Waals surface area contributed by atoms with Crippen molar-refractivity contribution in [2.24, 2.45) is 0 Å². The molecule has 0 atom stereocenters. The predicted octanol–water partition coefficient (Wildman–Crippen LogP) is 12.1. The van der Waals surface area contributed by atoms with E-state index in [0.717, 1.165) is 39.5 Å². The summed E-state index contributed by atoms with van der Waals surface area (Å²) in [5.74, 6) is 0. The molecule has 3 nitrogen and oxygen atoms in total. The Morgan fingerprint density at radius 2 is 1.12 bits per heavy atom. The van der Waals surface area contributed by atoms with Crippen molar-refractivity contribution in [1.82, 2.24) is 14.5 Å². The Hall–Kier alpha value is -6.10. The van der Waals surface area contributed by atoms with Crippen LogP contribution >= 0.6 is 11.3 Å². The number of rotatable bonds is 4. The Kier molecular flexibility index (Phi) is 6.05. The first-order valence-corrected chi connectivity index (χ1v) is 17.0. The minimum absolute atomic E-state index is 0.858. The molecule has 224 valence electrons. The molecule has 0 amide bonds. The molecule has 10 aromatic rings. The molecule has 0 bridgehead atoms. The first-order valence-electron chi connectivity index (χ1n) is 16.2. The lowest BCUT2D eigenvalue weighted by molar-refractivity contribution is 1.18. The minimum Gasteiger partial charge on any atom is -0.309 e. The van der Waals surface area contributed by atoms with Crippen LogP contribution in [0.4, 0.5) is 0 Å². The number of nitrogens with zero attached hydrogens (tertiary/aromatic N) is 3. The Balaban J connectivity index is 1.18. The highest BCUT2D eigenvalue weighted by atomic mass is 32.1. The summed E-state index contributed by atoms with van der Waals surface area (Å²) in [5.41, 5.74) is 9.24. The van der Waals surface area contributed by atoms with Gasteiger partial charge < -0.3 is 4.57 Å². The van der Waals surface area contributed by atoms with E-state index in [-0.39, 0.29) is 0 Å². The predicted molar refractivity (Wildman–Crippen MR) is 203 cm³/mol. The van der Waals surface area contributed by atoms with Crippen LogP contribution in [0.25, 0.3) is 92.2 Å². The van der Waals surface area contributed by atoms with Crippen LogP contribution in [0, 0.1) is 0 Å². The highest BCUT2D eigenvalue weighted by Crippen LogP contribution is 2.44. The average Bonchev–Trinajstić information content (AvgIpc) is 3.71. The molecule has 3 aromatic heterocycles. The molecule has 48 heavy (non-hydrogen) atoms. The first-order chi connectivity index (χ1) is 23.8. The monoisotopic (exact) mass is 629 g/mol. The van der Waals surface area contributed by atoms with Crippen molar-refractivity contribution in [2.45, 2.75) is 0 Å². The fourth-order valence-electron chi connectivity index (χ4n) is 7.24. The Morgan fingerprint density at radius 1 is 0.458 bits per heavy atom. The SMILES string of the molecule is c1ccc(-c2cnc(-c3ccccc3)c(-c3ccc(-n4c5ccccc5c5c6c(ccc7c8ccccc8sc76)ccc54)cc3)n2)cc1. The summed E-state index contributed by atoms with van der Waals surface area (Å²) in [7, 11) is 0. The molecule has 0 aliphatic carbocycles. The van der Waals surface area contributed by atoms with E-state index in [0.29, 0.717) is 0 Å². The lowest BCUT2D eigenvalue weighted by Crippen LogP contribution is -1.97. The number of thiophene rings is 1. The van der Waals surface area contributed by atoms with Crippen molar-refractivity contribution >= 4 is 64.1 Å². The van der Waals surface area contributed by atoms with Gasteiger partial charge in [-0.05, 0) is 35.7 Å². The Labute approximate surface area is 281 Å². The molecular weight excluding hydrogens is 603 g/mol. The number of hydrogen-bond acceptors (Lipinski definition) is 3. The molecule has 0 saturated heterocycles. The van der Waals surface area contributed by atoms with Crippen LogP contribution < -0.4 is 0 Å². The minimum atomic E-state index is 0.858. The van der Waals surface area contributed by atoms with Gasteiger partial charge in [0.05, 0.1) is 34.3 Å². The van der Waals surface area contributed by atoms with Crippen LogP contribution in [-0.4, -0.2) is 14.5 Å². The molecule has 0 fully saturated rings. The van der Waals surface area contributed by atoms with E-state index in [1.165, 1.54) is 52.8 Å². The van der Waals surface area contributed by atoms with E-state index in [1.807, 2.05) is 53.9 Å². The topological polar surface area (TPSA) is 30.7 Å². The van der Waals surface area contributed by atoms with E-state index < -0.39 is 0 Å². The smallest absolute Gasteiger partial charge is 0.0972 e. The van der Waals surface area contributed by atoms with Gasteiger partial charge in [-0.2, -0.15) is 0 Å². The number of para-hydroxylation sites is 1. The normalized spacial score (nSPS) is 11.8. The Bertz CT molecular complexity index is 2810. The molecule has 0 N–H and O–H groups in total. The first kappa shape index (κ1) is 27.1. The molecule has 3 heterocycles. The third kappa shape index (κ3) is 4.13. The fourth-order valence-corrected chi connectivity index (χ4v) is 8.51. The van der Waals surface area contributed by atoms with Gasteiger partial charge in [0.2, 0.25) is 0 Å². The van der Waals surface area contributed by atoms with Gasteiger partial charge in [0, 0.05) is 58.7 Å². The zero-order valence-electron chi connectivity index (χ0n) is 25.8. The van der Waals surface area contributed by atoms with E-state index in [9.17, 15) is 0 Å². The standard InChI is InChI=1S/C44H27N3S/c1-3-11-28(12-4-1)36-27-45-42(30-13-5-2-6-14-30)43(46-36)31-19-23-32(24-20-31)47-37-17-9-7-16-35(37)41-38(47)26-22-29-21-25-34-33-15-8-10-18-39(33)48-44(34)40(29)41/h1-27H. The summed E-state index contributed by atoms with van der Waals surface area (Å²) in [5, 5.41) is 7.82. The molecule has 10 rings (SSSR count). The summed E-state index contributed by atoms with van der Waals surface area (Å²) < 4.78 is 5.08. The molecule has 4 heteroatoms. The molecule has 0 saturated carbocycles. The summed E-state index contributed by atoms with van der Waals surface area (Å²) in [6.07, 6.45) is 1.88. The maximum atomic E-state index is 5.19. The number of fused-ring (bicyclic) bond motifs is 9. The molecule has 7 aromatic carbocycles. The highest BCUT2D eigenvalue weighted by molar-refractivity contribution is 7.26. The van der Waals surface area contributed by atoms with Gasteiger partial charge >= 0.3 is 0 Å². The van der Waals surface area contributed by atoms with Crippen LogP contribution in [-0.2, 0) is 0 Å². The van der Waals surface area contributed by atoms with Gasteiger partial charge in [0.25, 0.3) is 0 Å². The third-order valence-electron chi connectivity index (χ3n) is 9.45. The van der Waals surface area contributed by atoms with Gasteiger partial charge in [-0.3, -0.25) is 4.98 Å². The third-order valence-corrected chi connectivity index (χ3v) is 10.7. The second kappa shape index (κ2) is 10.7. The van der Waals surface area contributed by atoms with E-state index in [4.69, 9.17) is 9.97 Å². The van der Waals surface area contributed by atoms with Crippen LogP contribution in [0.1, 0.15) is 0 Å². The molecule has 0 aliphatic heterocycles. The van der Waals surface area contributed by atoms with Crippen molar-refractivity contribution in [3.05, 3.63) is 164 Å². The van der Waals surface area contributed by atoms with Gasteiger partial charge in [0.1, 0.15) is 0 Å². The van der Waals surface area contributed by atoms with Crippen LogP contribution in [0.5, 0.6) is 0 Å². The van der Waals surface area contributed by atoms with Gasteiger partial charge in [-0.1, -0.05) is 127 Å². The molecule has 0 spiro atoms. The number of hydrogen-bond donors (Lipinski definition) is 0. The van der Waals surface area contributed by atoms with Gasteiger partial charge in [-0.15, -0.1) is 11.3 Å². The largest absolute Gasteiger partial charge is 0.309 e. The maximum absolute atomic E-state index is 5.19. The van der Waals surface area contributed by atoms with Crippen molar-refractivity contribution < 1.29 is 0 Å². The van der Waals surface area contributed by atoms with E-state index in [2.05, 4.69) is 126 Å². The quantitative estimate of drug-likeness (QED) is 0.194. The lowest BCUT2D eigenvalue weighted by atomic mass is 10.0. The zero-order chi connectivity index (χ0) is 31.6. The van der Waals surface area contributed by atoms with E-state index >= 15 is 0 Å². The summed E-state index contributed by atoms with van der Waals surface area (Å²) in [6.45, 7) is 0. The molecule has 0 unspecified atom stereocenters. The summed E-state index contributed by atoms with van der Waals surface area (Å²) >= 11 is 1.90. The second-order valence-corrected chi connectivity index (χ2v) is 13.2. The number of benzene rings is 7. The lowest BCUT2D eigenvalue weighted by Gasteiger charge is -2.13. The highest BCUT2D eigenvalue weighted by Gasteiger charge is 2.19. The van der Waals surface area contributed by atoms with Crippen molar-refractivity contribution in [1.29, 1.82) is 0 Å².